The van der Waals surface area contributed by atoms with Crippen molar-refractivity contribution in [3.05, 3.63) is 23.8 Å². The van der Waals surface area contributed by atoms with Crippen LogP contribution in [0.4, 0.5) is 0 Å². The number of rotatable bonds is 9. The highest BCUT2D eigenvalue weighted by molar-refractivity contribution is 5.97. The number of carboxylic acids is 1. The molecule has 0 spiro atoms. The molecular weight excluding hydrogens is 320 g/mol. The monoisotopic (exact) mass is 340 g/mol. The second-order valence-corrected chi connectivity index (χ2v) is 4.62. The fourth-order valence-electron chi connectivity index (χ4n) is 1.78. The van der Waals surface area contributed by atoms with Gasteiger partial charge in [0.25, 0.3) is 5.91 Å². The molecule has 0 aromatic heterocycles. The van der Waals surface area contributed by atoms with Gasteiger partial charge in [-0.15, -0.1) is 0 Å². The average Bonchev–Trinajstić information content (AvgIpc) is 2.59. The van der Waals surface area contributed by atoms with Crippen molar-refractivity contribution in [3.63, 3.8) is 0 Å². The van der Waals surface area contributed by atoms with Crippen molar-refractivity contribution in [2.45, 2.75) is 6.10 Å². The molecule has 2 amide bonds. The van der Waals surface area contributed by atoms with Crippen molar-refractivity contribution in [1.82, 2.24) is 10.6 Å². The highest BCUT2D eigenvalue weighted by atomic mass is 16.5. The van der Waals surface area contributed by atoms with Crippen LogP contribution in [0, 0.1) is 0 Å². The van der Waals surface area contributed by atoms with Crippen molar-refractivity contribution in [3.8, 4) is 11.5 Å². The molecule has 9 heteroatoms. The van der Waals surface area contributed by atoms with E-state index in [0.717, 1.165) is 0 Å². The van der Waals surface area contributed by atoms with Gasteiger partial charge in [-0.3, -0.25) is 9.59 Å². The second-order valence-electron chi connectivity index (χ2n) is 4.62. The summed E-state index contributed by atoms with van der Waals surface area (Å²) in [5.41, 5.74) is 0.292. The van der Waals surface area contributed by atoms with E-state index in [4.69, 9.17) is 14.6 Å². The number of amides is 2. The number of carbonyl (C=O) groups excluding carboxylic acids is 2. The first-order valence-electron chi connectivity index (χ1n) is 6.95. The van der Waals surface area contributed by atoms with Gasteiger partial charge in [0, 0.05) is 12.7 Å². The van der Waals surface area contributed by atoms with Crippen LogP contribution < -0.4 is 20.1 Å². The molecule has 0 aliphatic rings. The molecule has 0 heterocycles. The molecule has 0 aliphatic carbocycles. The molecule has 0 radical (unpaired) electrons. The molecule has 1 atom stereocenters. The van der Waals surface area contributed by atoms with Gasteiger partial charge in [0.1, 0.15) is 0 Å². The minimum atomic E-state index is -1.19. The van der Waals surface area contributed by atoms with Crippen LogP contribution in [-0.2, 0) is 14.3 Å². The predicted molar refractivity (Wildman–Crippen MR) is 83.3 cm³/mol. The molecule has 0 saturated carbocycles. The van der Waals surface area contributed by atoms with E-state index in [9.17, 15) is 14.4 Å². The average molecular weight is 340 g/mol. The predicted octanol–water partition coefficient (Wildman–Crippen LogP) is -0.351. The lowest BCUT2D eigenvalue weighted by Gasteiger charge is -2.12. The Morgan fingerprint density at radius 3 is 2.29 bits per heavy atom. The molecule has 0 saturated heterocycles. The Balaban J connectivity index is 2.54. The first-order valence-corrected chi connectivity index (χ1v) is 6.95. The van der Waals surface area contributed by atoms with Gasteiger partial charge in [-0.05, 0) is 18.2 Å². The summed E-state index contributed by atoms with van der Waals surface area (Å²) in [6.45, 7) is -0.500. The van der Waals surface area contributed by atoms with E-state index < -0.39 is 23.9 Å². The number of nitrogens with one attached hydrogen (secondary N) is 2. The standard InChI is InChI=1S/C15H20N2O7/c1-22-10-5-4-9(6-11(10)23-2)14(19)17-8-13(18)16-7-12(24-3)15(20)21/h4-6,12H,7-8H2,1-3H3,(H,16,18)(H,17,19)(H,20,21). The van der Waals surface area contributed by atoms with Gasteiger partial charge < -0.3 is 30.0 Å². The first-order chi connectivity index (χ1) is 11.4. The Bertz CT molecular complexity index is 603. The molecule has 132 valence electrons. The number of benzene rings is 1. The fraction of sp³-hybridized carbons (Fsp3) is 0.400. The second kappa shape index (κ2) is 9.36. The summed E-state index contributed by atoms with van der Waals surface area (Å²) < 4.78 is 14.8. The third-order valence-electron chi connectivity index (χ3n) is 3.10. The van der Waals surface area contributed by atoms with Crippen molar-refractivity contribution in [2.75, 3.05) is 34.4 Å². The van der Waals surface area contributed by atoms with Crippen LogP contribution in [0.3, 0.4) is 0 Å². The molecule has 1 aromatic rings. The summed E-state index contributed by atoms with van der Waals surface area (Å²) in [5.74, 6) is -1.34. The summed E-state index contributed by atoms with van der Waals surface area (Å²) in [6.07, 6.45) is -1.14. The van der Waals surface area contributed by atoms with Gasteiger partial charge in [-0.2, -0.15) is 0 Å². The maximum absolute atomic E-state index is 12.0. The maximum atomic E-state index is 12.0. The number of hydrogen-bond acceptors (Lipinski definition) is 6. The zero-order valence-corrected chi connectivity index (χ0v) is 13.6. The molecular formula is C15H20N2O7. The summed E-state index contributed by atoms with van der Waals surface area (Å²) in [6, 6.07) is 4.58. The Hall–Kier alpha value is -2.81. The Morgan fingerprint density at radius 2 is 1.75 bits per heavy atom. The van der Waals surface area contributed by atoms with E-state index in [2.05, 4.69) is 15.4 Å². The van der Waals surface area contributed by atoms with Crippen LogP contribution in [0.15, 0.2) is 18.2 Å². The number of carbonyl (C=O) groups is 3. The molecule has 0 fully saturated rings. The molecule has 9 nitrogen and oxygen atoms in total. The lowest BCUT2D eigenvalue weighted by atomic mass is 10.2. The lowest BCUT2D eigenvalue weighted by Crippen LogP contribution is -2.42. The van der Waals surface area contributed by atoms with Gasteiger partial charge in [0.05, 0.1) is 27.3 Å². The van der Waals surface area contributed by atoms with Gasteiger partial charge in [0.2, 0.25) is 5.91 Å². The van der Waals surface area contributed by atoms with E-state index in [1.807, 2.05) is 0 Å². The number of hydrogen-bond donors (Lipinski definition) is 3. The van der Waals surface area contributed by atoms with Crippen LogP contribution in [-0.4, -0.2) is 63.4 Å². The van der Waals surface area contributed by atoms with Gasteiger partial charge >= 0.3 is 5.97 Å². The number of methoxy groups -OCH3 is 3. The quantitative estimate of drug-likeness (QED) is 0.561. The van der Waals surface area contributed by atoms with Crippen molar-refractivity contribution >= 4 is 17.8 Å². The minimum Gasteiger partial charge on any atom is -0.493 e. The Labute approximate surface area is 138 Å². The van der Waals surface area contributed by atoms with Crippen LogP contribution in [0.1, 0.15) is 10.4 Å². The highest BCUT2D eigenvalue weighted by Crippen LogP contribution is 2.27. The van der Waals surface area contributed by atoms with Crippen LogP contribution in [0.25, 0.3) is 0 Å². The number of aliphatic carboxylic acids is 1. The zero-order chi connectivity index (χ0) is 18.1. The van der Waals surface area contributed by atoms with E-state index >= 15 is 0 Å². The summed E-state index contributed by atoms with van der Waals surface area (Å²) in [4.78, 5) is 34.4. The minimum absolute atomic E-state index is 0.198. The topological polar surface area (TPSA) is 123 Å². The van der Waals surface area contributed by atoms with E-state index in [1.165, 1.54) is 33.5 Å². The smallest absolute Gasteiger partial charge is 0.334 e. The van der Waals surface area contributed by atoms with Crippen molar-refractivity contribution in [1.29, 1.82) is 0 Å². The molecule has 24 heavy (non-hydrogen) atoms. The van der Waals surface area contributed by atoms with Gasteiger partial charge in [0.15, 0.2) is 17.6 Å². The van der Waals surface area contributed by atoms with Gasteiger partial charge in [-0.25, -0.2) is 4.79 Å². The lowest BCUT2D eigenvalue weighted by molar-refractivity contribution is -0.148. The van der Waals surface area contributed by atoms with E-state index in [0.29, 0.717) is 17.1 Å². The maximum Gasteiger partial charge on any atom is 0.334 e. The van der Waals surface area contributed by atoms with Crippen LogP contribution in [0.2, 0.25) is 0 Å². The number of ether oxygens (including phenoxy) is 3. The largest absolute Gasteiger partial charge is 0.493 e. The van der Waals surface area contributed by atoms with Crippen LogP contribution >= 0.6 is 0 Å². The molecule has 1 aromatic carbocycles. The fourth-order valence-corrected chi connectivity index (χ4v) is 1.78. The SMILES string of the molecule is COc1ccc(C(=O)NCC(=O)NCC(OC)C(=O)O)cc1OC. The van der Waals surface area contributed by atoms with E-state index in [-0.39, 0.29) is 13.1 Å². The third-order valence-corrected chi connectivity index (χ3v) is 3.10. The highest BCUT2D eigenvalue weighted by Gasteiger charge is 2.17. The Morgan fingerprint density at radius 1 is 1.08 bits per heavy atom. The van der Waals surface area contributed by atoms with Crippen molar-refractivity contribution < 1.29 is 33.7 Å². The van der Waals surface area contributed by atoms with Crippen LogP contribution in [0.5, 0.6) is 11.5 Å². The van der Waals surface area contributed by atoms with Gasteiger partial charge in [-0.1, -0.05) is 0 Å². The summed E-state index contributed by atoms with van der Waals surface area (Å²) >= 11 is 0. The molecule has 1 rings (SSSR count). The first kappa shape index (κ1) is 19.2. The molecule has 3 N–H and O–H groups in total. The van der Waals surface area contributed by atoms with E-state index in [1.54, 1.807) is 6.07 Å². The van der Waals surface area contributed by atoms with Crippen molar-refractivity contribution in [2.24, 2.45) is 0 Å². The number of carboxylic acid groups (broad SMARTS) is 1. The Kier molecular flexibility index (Phi) is 7.50. The molecule has 0 bridgehead atoms. The summed E-state index contributed by atoms with van der Waals surface area (Å²) in [5, 5.41) is 13.6. The normalized spacial score (nSPS) is 11.3. The third kappa shape index (κ3) is 5.43. The molecule has 1 unspecified atom stereocenters. The zero-order valence-electron chi connectivity index (χ0n) is 13.6. The summed E-state index contributed by atoms with van der Waals surface area (Å²) in [7, 11) is 4.15. The molecule has 0 aliphatic heterocycles.